The number of hydrogen-bond donors (Lipinski definition) is 1. The predicted molar refractivity (Wildman–Crippen MR) is 74.6 cm³/mol. The van der Waals surface area contributed by atoms with Gasteiger partial charge in [-0.3, -0.25) is 4.79 Å². The fourth-order valence-corrected chi connectivity index (χ4v) is 3.36. The van der Waals surface area contributed by atoms with Crippen LogP contribution in [0.15, 0.2) is 22.7 Å². The summed E-state index contributed by atoms with van der Waals surface area (Å²) in [4.78, 5) is 23.8. The van der Waals surface area contributed by atoms with E-state index in [1.54, 1.807) is 19.9 Å². The average molecular weight is 344 g/mol. The molecular weight excluding hydrogens is 329 g/mol. The molecule has 1 fully saturated rings. The number of hydrogen-bond acceptors (Lipinski definition) is 3. The lowest BCUT2D eigenvalue weighted by atomic mass is 9.76. The fourth-order valence-electron chi connectivity index (χ4n) is 2.55. The molecule has 0 bridgehead atoms. The Kier molecular flexibility index (Phi) is 4.13. The quantitative estimate of drug-likeness (QED) is 0.856. The van der Waals surface area contributed by atoms with E-state index in [-0.39, 0.29) is 24.8 Å². The number of rotatable bonds is 3. The Bertz CT molecular complexity index is 563. The normalized spacial score (nSPS) is 25.4. The Hall–Kier alpha value is -1.43. The molecular formula is C14H15BrFNO3. The van der Waals surface area contributed by atoms with E-state index >= 15 is 0 Å². The summed E-state index contributed by atoms with van der Waals surface area (Å²) in [7, 11) is 0. The van der Waals surface area contributed by atoms with Crippen molar-refractivity contribution >= 4 is 27.8 Å². The number of carbonyl (C=O) groups is 2. The molecule has 0 aliphatic carbocycles. The molecule has 108 valence electrons. The first kappa shape index (κ1) is 15.0. The van der Waals surface area contributed by atoms with Gasteiger partial charge in [0.25, 0.3) is 0 Å². The third-order valence-electron chi connectivity index (χ3n) is 3.54. The summed E-state index contributed by atoms with van der Waals surface area (Å²) in [6.07, 6.45) is 0.153. The minimum atomic E-state index is -0.768. The van der Waals surface area contributed by atoms with Gasteiger partial charge >= 0.3 is 5.97 Å². The van der Waals surface area contributed by atoms with E-state index in [1.807, 2.05) is 0 Å². The zero-order valence-electron chi connectivity index (χ0n) is 11.2. The summed E-state index contributed by atoms with van der Waals surface area (Å²) in [6, 6.07) is 3.46. The highest BCUT2D eigenvalue weighted by molar-refractivity contribution is 9.10. The van der Waals surface area contributed by atoms with Crippen LogP contribution in [0.1, 0.15) is 25.8 Å². The van der Waals surface area contributed by atoms with Crippen LogP contribution in [0.25, 0.3) is 0 Å². The van der Waals surface area contributed by atoms with Crippen molar-refractivity contribution in [2.24, 2.45) is 0 Å². The molecule has 0 saturated carbocycles. The molecule has 1 aromatic rings. The van der Waals surface area contributed by atoms with Gasteiger partial charge in [0.15, 0.2) is 0 Å². The summed E-state index contributed by atoms with van der Waals surface area (Å²) in [5.41, 5.74) is -0.0640. The number of nitrogens with one attached hydrogen (secondary N) is 1. The van der Waals surface area contributed by atoms with E-state index < -0.39 is 17.4 Å². The molecule has 2 rings (SSSR count). The van der Waals surface area contributed by atoms with Crippen LogP contribution in [0.5, 0.6) is 0 Å². The van der Waals surface area contributed by atoms with Crippen LogP contribution in [-0.4, -0.2) is 24.5 Å². The fraction of sp³-hybridized carbons (Fsp3) is 0.429. The van der Waals surface area contributed by atoms with Gasteiger partial charge in [0, 0.05) is 16.3 Å². The second-order valence-electron chi connectivity index (χ2n) is 4.97. The van der Waals surface area contributed by atoms with Gasteiger partial charge in [-0.2, -0.15) is 0 Å². The molecule has 1 aromatic carbocycles. The highest BCUT2D eigenvalue weighted by Crippen LogP contribution is 2.40. The first-order chi connectivity index (χ1) is 9.38. The van der Waals surface area contributed by atoms with Gasteiger partial charge in [-0.25, -0.2) is 9.18 Å². The van der Waals surface area contributed by atoms with Crippen molar-refractivity contribution in [1.29, 1.82) is 0 Å². The zero-order valence-corrected chi connectivity index (χ0v) is 12.8. The Morgan fingerprint density at radius 1 is 1.60 bits per heavy atom. The Labute approximate surface area is 124 Å². The van der Waals surface area contributed by atoms with Crippen LogP contribution >= 0.6 is 15.9 Å². The zero-order chi connectivity index (χ0) is 14.9. The lowest BCUT2D eigenvalue weighted by Gasteiger charge is -2.30. The molecule has 1 amide bonds. The Balaban J connectivity index is 2.44. The first-order valence-electron chi connectivity index (χ1n) is 6.30. The molecule has 0 radical (unpaired) electrons. The number of amides is 1. The minimum Gasteiger partial charge on any atom is -0.464 e. The van der Waals surface area contributed by atoms with Crippen LogP contribution in [-0.2, 0) is 19.7 Å². The van der Waals surface area contributed by atoms with Gasteiger partial charge in [-0.15, -0.1) is 0 Å². The number of esters is 1. The van der Waals surface area contributed by atoms with Crippen molar-refractivity contribution in [2.45, 2.75) is 31.7 Å². The minimum absolute atomic E-state index is 0.153. The highest BCUT2D eigenvalue weighted by atomic mass is 79.9. The standard InChI is InChI=1S/C14H15BrFNO3/c1-3-20-13(19)12-14(2,7-11(18)17-12)9-5-4-8(16)6-10(9)15/h4-6,12H,3,7H2,1-2H3,(H,17,18). The van der Waals surface area contributed by atoms with Crippen molar-refractivity contribution < 1.29 is 18.7 Å². The molecule has 1 aliphatic rings. The largest absolute Gasteiger partial charge is 0.464 e. The van der Waals surface area contributed by atoms with E-state index in [0.29, 0.717) is 10.0 Å². The Morgan fingerprint density at radius 3 is 2.90 bits per heavy atom. The summed E-state index contributed by atoms with van der Waals surface area (Å²) >= 11 is 3.30. The third kappa shape index (κ3) is 2.57. The van der Waals surface area contributed by atoms with Crippen LogP contribution in [0.3, 0.4) is 0 Å². The van der Waals surface area contributed by atoms with Crippen molar-refractivity contribution in [1.82, 2.24) is 5.32 Å². The molecule has 20 heavy (non-hydrogen) atoms. The van der Waals surface area contributed by atoms with E-state index in [2.05, 4.69) is 21.2 Å². The monoisotopic (exact) mass is 343 g/mol. The smallest absolute Gasteiger partial charge is 0.329 e. The molecule has 2 unspecified atom stereocenters. The Morgan fingerprint density at radius 2 is 2.30 bits per heavy atom. The van der Waals surface area contributed by atoms with Gasteiger partial charge in [-0.05, 0) is 24.6 Å². The summed E-state index contributed by atoms with van der Waals surface area (Å²) in [6.45, 7) is 3.75. The lowest BCUT2D eigenvalue weighted by molar-refractivity contribution is -0.147. The van der Waals surface area contributed by atoms with Crippen LogP contribution < -0.4 is 5.32 Å². The van der Waals surface area contributed by atoms with E-state index in [4.69, 9.17) is 4.74 Å². The van der Waals surface area contributed by atoms with Gasteiger partial charge in [0.1, 0.15) is 11.9 Å². The summed E-state index contributed by atoms with van der Waals surface area (Å²) in [5.74, 6) is -1.08. The maximum Gasteiger partial charge on any atom is 0.329 e. The molecule has 1 heterocycles. The molecule has 4 nitrogen and oxygen atoms in total. The number of ether oxygens (including phenoxy) is 1. The van der Waals surface area contributed by atoms with Crippen LogP contribution in [0.2, 0.25) is 0 Å². The molecule has 0 spiro atoms. The van der Waals surface area contributed by atoms with Crippen LogP contribution in [0.4, 0.5) is 4.39 Å². The highest BCUT2D eigenvalue weighted by Gasteiger charge is 2.49. The summed E-state index contributed by atoms with van der Waals surface area (Å²) < 4.78 is 18.8. The van der Waals surface area contributed by atoms with Crippen LogP contribution in [0, 0.1) is 5.82 Å². The second kappa shape index (κ2) is 5.52. The molecule has 1 aliphatic heterocycles. The predicted octanol–water partition coefficient (Wildman–Crippen LogP) is 2.30. The molecule has 1 saturated heterocycles. The first-order valence-corrected chi connectivity index (χ1v) is 7.09. The van der Waals surface area contributed by atoms with Gasteiger partial charge in [-0.1, -0.05) is 28.9 Å². The third-order valence-corrected chi connectivity index (χ3v) is 4.20. The van der Waals surface area contributed by atoms with E-state index in [1.165, 1.54) is 12.1 Å². The topological polar surface area (TPSA) is 55.4 Å². The number of benzene rings is 1. The van der Waals surface area contributed by atoms with Crippen molar-refractivity contribution in [3.05, 3.63) is 34.1 Å². The number of carbonyl (C=O) groups excluding carboxylic acids is 2. The molecule has 1 N–H and O–H groups in total. The maximum atomic E-state index is 13.2. The maximum absolute atomic E-state index is 13.2. The van der Waals surface area contributed by atoms with Gasteiger partial charge < -0.3 is 10.1 Å². The molecule has 6 heteroatoms. The molecule has 2 atom stereocenters. The molecule has 0 aromatic heterocycles. The SMILES string of the molecule is CCOC(=O)C1NC(=O)CC1(C)c1ccc(F)cc1Br. The van der Waals surface area contributed by atoms with E-state index in [9.17, 15) is 14.0 Å². The summed E-state index contributed by atoms with van der Waals surface area (Å²) in [5, 5.41) is 2.64. The van der Waals surface area contributed by atoms with Crippen molar-refractivity contribution in [3.63, 3.8) is 0 Å². The van der Waals surface area contributed by atoms with Crippen molar-refractivity contribution in [2.75, 3.05) is 6.61 Å². The number of halogens is 2. The average Bonchev–Trinajstić information content (AvgIpc) is 2.65. The second-order valence-corrected chi connectivity index (χ2v) is 5.83. The van der Waals surface area contributed by atoms with Crippen molar-refractivity contribution in [3.8, 4) is 0 Å². The van der Waals surface area contributed by atoms with Gasteiger partial charge in [0.05, 0.1) is 6.61 Å². The lowest BCUT2D eigenvalue weighted by Crippen LogP contribution is -2.46. The van der Waals surface area contributed by atoms with Gasteiger partial charge in [0.2, 0.25) is 5.91 Å². The van der Waals surface area contributed by atoms with E-state index in [0.717, 1.165) is 0 Å².